The summed E-state index contributed by atoms with van der Waals surface area (Å²) in [5, 5.41) is 10.4. The number of benzene rings is 1. The lowest BCUT2D eigenvalue weighted by Crippen LogP contribution is -2.01. The third-order valence-electron chi connectivity index (χ3n) is 4.08. The van der Waals surface area contributed by atoms with Crippen molar-refractivity contribution in [3.63, 3.8) is 0 Å². The molecule has 0 aliphatic carbocycles. The molecule has 0 unspecified atom stereocenters. The number of aryl methyl sites for hydroxylation is 2. The summed E-state index contributed by atoms with van der Waals surface area (Å²) in [6, 6.07) is 3.67. The van der Waals surface area contributed by atoms with E-state index in [1.54, 1.807) is 0 Å². The van der Waals surface area contributed by atoms with Gasteiger partial charge in [-0.3, -0.25) is 0 Å². The van der Waals surface area contributed by atoms with Crippen LogP contribution < -0.4 is 0 Å². The minimum absolute atomic E-state index is 0.393. The molecule has 0 atom stereocenters. The van der Waals surface area contributed by atoms with Crippen molar-refractivity contribution in [1.29, 1.82) is 0 Å². The van der Waals surface area contributed by atoms with Gasteiger partial charge in [-0.2, -0.15) is 0 Å². The fraction of sp³-hybridized carbons (Fsp3) is 0.500. The van der Waals surface area contributed by atoms with Crippen LogP contribution in [0.25, 0.3) is 10.9 Å². The fourth-order valence-electron chi connectivity index (χ4n) is 2.91. The highest BCUT2D eigenvalue weighted by atomic mass is 16.4. The third-order valence-corrected chi connectivity index (χ3v) is 4.08. The molecule has 1 heterocycles. The number of rotatable bonds is 6. The smallest absolute Gasteiger partial charge is 0.335 e. The monoisotopic (exact) mass is 287 g/mol. The zero-order valence-corrected chi connectivity index (χ0v) is 13.4. The van der Waals surface area contributed by atoms with Gasteiger partial charge < -0.3 is 9.67 Å². The number of fused-ring (bicyclic) bond motifs is 1. The highest BCUT2D eigenvalue weighted by Gasteiger charge is 2.17. The van der Waals surface area contributed by atoms with Gasteiger partial charge in [-0.15, -0.1) is 0 Å². The Hall–Kier alpha value is -1.77. The highest BCUT2D eigenvalue weighted by molar-refractivity contribution is 5.96. The standard InChI is InChI=1S/C18H25NO2/c1-5-7-8-19-11-16(12(3)4)15-10-14(18(20)21)9-13(6-2)17(15)19/h9-12H,5-8H2,1-4H3,(H,20,21). The van der Waals surface area contributed by atoms with Gasteiger partial charge in [0, 0.05) is 18.1 Å². The van der Waals surface area contributed by atoms with E-state index >= 15 is 0 Å². The molecule has 0 radical (unpaired) electrons. The van der Waals surface area contributed by atoms with Crippen LogP contribution in [0.5, 0.6) is 0 Å². The zero-order chi connectivity index (χ0) is 15.6. The van der Waals surface area contributed by atoms with Crippen LogP contribution in [0.1, 0.15) is 67.9 Å². The van der Waals surface area contributed by atoms with Gasteiger partial charge in [0.1, 0.15) is 0 Å². The molecule has 2 aromatic rings. The van der Waals surface area contributed by atoms with Crippen LogP contribution >= 0.6 is 0 Å². The van der Waals surface area contributed by atoms with E-state index in [0.29, 0.717) is 11.5 Å². The molecule has 0 saturated heterocycles. The summed E-state index contributed by atoms with van der Waals surface area (Å²) in [7, 11) is 0. The van der Waals surface area contributed by atoms with Gasteiger partial charge in [-0.1, -0.05) is 34.1 Å². The van der Waals surface area contributed by atoms with Crippen molar-refractivity contribution in [1.82, 2.24) is 4.57 Å². The number of carboxylic acids is 1. The first-order valence-electron chi connectivity index (χ1n) is 7.88. The summed E-state index contributed by atoms with van der Waals surface area (Å²) in [6.07, 6.45) is 5.37. The second-order valence-electron chi connectivity index (χ2n) is 5.98. The van der Waals surface area contributed by atoms with Crippen molar-refractivity contribution in [2.75, 3.05) is 0 Å². The first-order chi connectivity index (χ1) is 9.99. The van der Waals surface area contributed by atoms with E-state index < -0.39 is 5.97 Å². The van der Waals surface area contributed by atoms with Crippen molar-refractivity contribution in [2.45, 2.75) is 59.4 Å². The Bertz CT molecular complexity index is 653. The summed E-state index contributed by atoms with van der Waals surface area (Å²) in [6.45, 7) is 9.61. The normalized spacial score (nSPS) is 11.5. The third kappa shape index (κ3) is 2.97. The maximum atomic E-state index is 11.4. The van der Waals surface area contributed by atoms with Crippen LogP contribution in [-0.4, -0.2) is 15.6 Å². The Balaban J connectivity index is 2.73. The molecule has 1 N–H and O–H groups in total. The van der Waals surface area contributed by atoms with Crippen molar-refractivity contribution >= 4 is 16.9 Å². The topological polar surface area (TPSA) is 42.2 Å². The lowest BCUT2D eigenvalue weighted by atomic mass is 9.98. The first kappa shape index (κ1) is 15.6. The van der Waals surface area contributed by atoms with Crippen LogP contribution in [0.15, 0.2) is 18.3 Å². The summed E-state index contributed by atoms with van der Waals surface area (Å²) in [4.78, 5) is 11.4. The number of aromatic nitrogens is 1. The molecular formula is C18H25NO2. The van der Waals surface area contributed by atoms with Gasteiger partial charge in [0.05, 0.1) is 11.1 Å². The molecule has 3 heteroatoms. The number of carboxylic acid groups (broad SMARTS) is 1. The predicted molar refractivity (Wildman–Crippen MR) is 87.3 cm³/mol. The van der Waals surface area contributed by atoms with Crippen LogP contribution in [0, 0.1) is 0 Å². The number of nitrogens with zero attached hydrogens (tertiary/aromatic N) is 1. The summed E-state index contributed by atoms with van der Waals surface area (Å²) >= 11 is 0. The average molecular weight is 287 g/mol. The van der Waals surface area contributed by atoms with Gasteiger partial charge in [0.25, 0.3) is 0 Å². The number of hydrogen-bond donors (Lipinski definition) is 1. The molecule has 0 fully saturated rings. The molecule has 0 spiro atoms. The molecule has 21 heavy (non-hydrogen) atoms. The van der Waals surface area contributed by atoms with E-state index in [1.807, 2.05) is 12.1 Å². The molecule has 0 aliphatic rings. The number of unbranched alkanes of at least 4 members (excludes halogenated alkanes) is 1. The largest absolute Gasteiger partial charge is 0.478 e. The minimum Gasteiger partial charge on any atom is -0.478 e. The fourth-order valence-corrected chi connectivity index (χ4v) is 2.91. The first-order valence-corrected chi connectivity index (χ1v) is 7.88. The second-order valence-corrected chi connectivity index (χ2v) is 5.98. The molecule has 3 nitrogen and oxygen atoms in total. The molecule has 114 valence electrons. The Labute approximate surface area is 126 Å². The highest BCUT2D eigenvalue weighted by Crippen LogP contribution is 2.32. The quantitative estimate of drug-likeness (QED) is 0.827. The van der Waals surface area contributed by atoms with Crippen molar-refractivity contribution in [3.8, 4) is 0 Å². The minimum atomic E-state index is -0.845. The van der Waals surface area contributed by atoms with Crippen LogP contribution in [-0.2, 0) is 13.0 Å². The number of carbonyl (C=O) groups is 1. The van der Waals surface area contributed by atoms with Crippen molar-refractivity contribution in [3.05, 3.63) is 35.0 Å². The molecule has 1 aromatic carbocycles. The lowest BCUT2D eigenvalue weighted by Gasteiger charge is -2.09. The Morgan fingerprint density at radius 3 is 2.52 bits per heavy atom. The Morgan fingerprint density at radius 1 is 1.29 bits per heavy atom. The summed E-state index contributed by atoms with van der Waals surface area (Å²) in [5.41, 5.74) is 4.00. The average Bonchev–Trinajstić information content (AvgIpc) is 2.83. The van der Waals surface area contributed by atoms with E-state index in [2.05, 4.69) is 38.5 Å². The molecular weight excluding hydrogens is 262 g/mol. The molecule has 2 rings (SSSR count). The maximum absolute atomic E-state index is 11.4. The summed E-state index contributed by atoms with van der Waals surface area (Å²) < 4.78 is 2.32. The van der Waals surface area contributed by atoms with Gasteiger partial charge in [0.15, 0.2) is 0 Å². The number of aromatic carboxylic acids is 1. The molecule has 0 bridgehead atoms. The van der Waals surface area contributed by atoms with Gasteiger partial charge in [-0.25, -0.2) is 4.79 Å². The Kier molecular flexibility index (Phi) is 4.71. The van der Waals surface area contributed by atoms with E-state index in [0.717, 1.165) is 36.8 Å². The van der Waals surface area contributed by atoms with E-state index in [9.17, 15) is 9.90 Å². The molecule has 0 aliphatic heterocycles. The van der Waals surface area contributed by atoms with Gasteiger partial charge in [-0.05, 0) is 42.0 Å². The zero-order valence-electron chi connectivity index (χ0n) is 13.4. The van der Waals surface area contributed by atoms with Crippen LogP contribution in [0.2, 0.25) is 0 Å². The van der Waals surface area contributed by atoms with Crippen LogP contribution in [0.4, 0.5) is 0 Å². The van der Waals surface area contributed by atoms with Gasteiger partial charge >= 0.3 is 5.97 Å². The Morgan fingerprint density at radius 2 is 2.00 bits per heavy atom. The van der Waals surface area contributed by atoms with Crippen molar-refractivity contribution < 1.29 is 9.90 Å². The maximum Gasteiger partial charge on any atom is 0.335 e. The van der Waals surface area contributed by atoms with Gasteiger partial charge in [0.2, 0.25) is 0 Å². The molecule has 0 saturated carbocycles. The molecule has 0 amide bonds. The van der Waals surface area contributed by atoms with E-state index in [4.69, 9.17) is 0 Å². The summed E-state index contributed by atoms with van der Waals surface area (Å²) in [5.74, 6) is -0.452. The lowest BCUT2D eigenvalue weighted by molar-refractivity contribution is 0.0697. The van der Waals surface area contributed by atoms with E-state index in [-0.39, 0.29) is 0 Å². The number of hydrogen-bond acceptors (Lipinski definition) is 1. The second kappa shape index (κ2) is 6.33. The molecule has 1 aromatic heterocycles. The van der Waals surface area contributed by atoms with Crippen molar-refractivity contribution in [2.24, 2.45) is 0 Å². The SMILES string of the molecule is CCCCn1cc(C(C)C)c2cc(C(=O)O)cc(CC)c21. The van der Waals surface area contributed by atoms with Crippen LogP contribution in [0.3, 0.4) is 0 Å². The predicted octanol–water partition coefficient (Wildman–Crippen LogP) is 4.83. The van der Waals surface area contributed by atoms with E-state index in [1.165, 1.54) is 11.1 Å².